The first-order valence-corrected chi connectivity index (χ1v) is 8.92. The fourth-order valence-corrected chi connectivity index (χ4v) is 4.16. The molecule has 0 aromatic heterocycles. The maximum absolute atomic E-state index is 13.0. The summed E-state index contributed by atoms with van der Waals surface area (Å²) in [5.41, 5.74) is 1.23. The normalized spacial score (nSPS) is 17.5. The molecule has 1 atom stereocenters. The Labute approximate surface area is 126 Å². The lowest BCUT2D eigenvalue weighted by Gasteiger charge is -2.20. The quantitative estimate of drug-likeness (QED) is 0.762. The molecule has 1 aromatic carbocycles. The van der Waals surface area contributed by atoms with Crippen molar-refractivity contribution in [3.63, 3.8) is 0 Å². The second kappa shape index (κ2) is 8.68. The lowest BCUT2D eigenvalue weighted by atomic mass is 10.1. The van der Waals surface area contributed by atoms with E-state index >= 15 is 0 Å². The van der Waals surface area contributed by atoms with Gasteiger partial charge in [0.15, 0.2) is 0 Å². The van der Waals surface area contributed by atoms with Crippen LogP contribution in [-0.4, -0.2) is 23.6 Å². The molecule has 3 heteroatoms. The summed E-state index contributed by atoms with van der Waals surface area (Å²) in [4.78, 5) is 0. The van der Waals surface area contributed by atoms with Crippen LogP contribution >= 0.6 is 11.8 Å². The molecule has 1 aromatic rings. The smallest absolute Gasteiger partial charge is 0.123 e. The van der Waals surface area contributed by atoms with Crippen LogP contribution in [0.3, 0.4) is 0 Å². The average molecular weight is 295 g/mol. The van der Waals surface area contributed by atoms with Crippen molar-refractivity contribution in [1.82, 2.24) is 5.32 Å². The second-order valence-electron chi connectivity index (χ2n) is 5.72. The molecule has 1 nitrogen and oxygen atoms in total. The molecule has 1 N–H and O–H groups in total. The standard InChI is InChI=1S/C17H26FNS/c1-2-11-19-16(13-20-17-5-3-4-6-17)12-14-7-9-15(18)10-8-14/h7-10,16-17,19H,2-6,11-13H2,1H3. The number of halogens is 1. The molecule has 0 radical (unpaired) electrons. The lowest BCUT2D eigenvalue weighted by Crippen LogP contribution is -2.34. The maximum Gasteiger partial charge on any atom is 0.123 e. The molecule has 0 bridgehead atoms. The van der Waals surface area contributed by atoms with Crippen LogP contribution in [0.25, 0.3) is 0 Å². The predicted molar refractivity (Wildman–Crippen MR) is 86.9 cm³/mol. The highest BCUT2D eigenvalue weighted by Gasteiger charge is 2.18. The first kappa shape index (κ1) is 15.8. The highest BCUT2D eigenvalue weighted by atomic mass is 32.2. The van der Waals surface area contributed by atoms with Crippen LogP contribution in [0.1, 0.15) is 44.6 Å². The Balaban J connectivity index is 1.83. The number of nitrogens with one attached hydrogen (secondary N) is 1. The second-order valence-corrected chi connectivity index (χ2v) is 7.05. The molecule has 0 aliphatic heterocycles. The third-order valence-electron chi connectivity index (χ3n) is 3.91. The van der Waals surface area contributed by atoms with Crippen LogP contribution in [-0.2, 0) is 6.42 Å². The number of thioether (sulfide) groups is 1. The third kappa shape index (κ3) is 5.45. The van der Waals surface area contributed by atoms with E-state index in [0.29, 0.717) is 6.04 Å². The summed E-state index contributed by atoms with van der Waals surface area (Å²) in [7, 11) is 0. The van der Waals surface area contributed by atoms with Crippen LogP contribution in [0.4, 0.5) is 4.39 Å². The van der Waals surface area contributed by atoms with Crippen LogP contribution in [0.15, 0.2) is 24.3 Å². The molecule has 0 saturated heterocycles. The van der Waals surface area contributed by atoms with Gasteiger partial charge in [-0.1, -0.05) is 31.9 Å². The van der Waals surface area contributed by atoms with Crippen molar-refractivity contribution < 1.29 is 4.39 Å². The summed E-state index contributed by atoms with van der Waals surface area (Å²) in [6, 6.07) is 7.46. The number of rotatable bonds is 8. The molecule has 0 amide bonds. The molecule has 0 heterocycles. The van der Waals surface area contributed by atoms with Gasteiger partial charge < -0.3 is 5.32 Å². The van der Waals surface area contributed by atoms with Gasteiger partial charge in [-0.25, -0.2) is 4.39 Å². The number of benzene rings is 1. The van der Waals surface area contributed by atoms with Crippen molar-refractivity contribution in [2.45, 2.75) is 56.7 Å². The van der Waals surface area contributed by atoms with Gasteiger partial charge in [-0.05, 0) is 49.9 Å². The van der Waals surface area contributed by atoms with Crippen LogP contribution < -0.4 is 5.32 Å². The molecule has 1 aliphatic rings. The van der Waals surface area contributed by atoms with Gasteiger partial charge in [-0.15, -0.1) is 0 Å². The van der Waals surface area contributed by atoms with E-state index in [-0.39, 0.29) is 5.82 Å². The Bertz CT molecular complexity index is 373. The van der Waals surface area contributed by atoms with Gasteiger partial charge in [-0.2, -0.15) is 11.8 Å². The van der Waals surface area contributed by atoms with Crippen molar-refractivity contribution in [2.75, 3.05) is 12.3 Å². The van der Waals surface area contributed by atoms with E-state index in [9.17, 15) is 4.39 Å². The van der Waals surface area contributed by atoms with E-state index in [1.165, 1.54) is 37.0 Å². The Kier molecular flexibility index (Phi) is 6.88. The van der Waals surface area contributed by atoms with Crippen molar-refractivity contribution in [2.24, 2.45) is 0 Å². The van der Waals surface area contributed by atoms with E-state index in [4.69, 9.17) is 0 Å². The average Bonchev–Trinajstić information content (AvgIpc) is 2.97. The van der Waals surface area contributed by atoms with Gasteiger partial charge in [0.05, 0.1) is 0 Å². The molecular weight excluding hydrogens is 269 g/mol. The molecular formula is C17H26FNS. The topological polar surface area (TPSA) is 12.0 Å². The van der Waals surface area contributed by atoms with E-state index in [2.05, 4.69) is 24.0 Å². The Morgan fingerprint density at radius 2 is 1.95 bits per heavy atom. The SMILES string of the molecule is CCCNC(CSC1CCCC1)Cc1ccc(F)cc1. The van der Waals surface area contributed by atoms with Crippen LogP contribution in [0, 0.1) is 5.82 Å². The summed E-state index contributed by atoms with van der Waals surface area (Å²) in [5, 5.41) is 4.51. The highest BCUT2D eigenvalue weighted by molar-refractivity contribution is 7.99. The number of hydrogen-bond donors (Lipinski definition) is 1. The molecule has 1 aliphatic carbocycles. The monoisotopic (exact) mass is 295 g/mol. The van der Waals surface area contributed by atoms with E-state index < -0.39 is 0 Å². The van der Waals surface area contributed by atoms with Gasteiger partial charge in [0.1, 0.15) is 5.82 Å². The zero-order valence-corrected chi connectivity index (χ0v) is 13.2. The Hall–Kier alpha value is -0.540. The van der Waals surface area contributed by atoms with Gasteiger partial charge in [-0.3, -0.25) is 0 Å². The van der Waals surface area contributed by atoms with E-state index in [1.54, 1.807) is 12.1 Å². The zero-order chi connectivity index (χ0) is 14.2. The summed E-state index contributed by atoms with van der Waals surface area (Å²) < 4.78 is 13.0. The summed E-state index contributed by atoms with van der Waals surface area (Å²) in [6.07, 6.45) is 7.75. The van der Waals surface area contributed by atoms with Crippen LogP contribution in [0.2, 0.25) is 0 Å². The lowest BCUT2D eigenvalue weighted by molar-refractivity contribution is 0.548. The highest BCUT2D eigenvalue weighted by Crippen LogP contribution is 2.30. The minimum absolute atomic E-state index is 0.146. The summed E-state index contributed by atoms with van der Waals surface area (Å²) in [5.74, 6) is 1.02. The fraction of sp³-hybridized carbons (Fsp3) is 0.647. The third-order valence-corrected chi connectivity index (χ3v) is 5.45. The summed E-state index contributed by atoms with van der Waals surface area (Å²) in [6.45, 7) is 3.27. The minimum Gasteiger partial charge on any atom is -0.313 e. The molecule has 112 valence electrons. The first-order chi connectivity index (χ1) is 9.78. The maximum atomic E-state index is 13.0. The molecule has 2 rings (SSSR count). The fourth-order valence-electron chi connectivity index (χ4n) is 2.75. The van der Waals surface area contributed by atoms with Gasteiger partial charge in [0.2, 0.25) is 0 Å². The van der Waals surface area contributed by atoms with Gasteiger partial charge in [0, 0.05) is 17.0 Å². The molecule has 1 unspecified atom stereocenters. The van der Waals surface area contributed by atoms with Crippen LogP contribution in [0.5, 0.6) is 0 Å². The summed E-state index contributed by atoms with van der Waals surface area (Å²) >= 11 is 2.13. The zero-order valence-electron chi connectivity index (χ0n) is 12.4. The number of hydrogen-bond acceptors (Lipinski definition) is 2. The van der Waals surface area contributed by atoms with Crippen molar-refractivity contribution >= 4 is 11.8 Å². The largest absolute Gasteiger partial charge is 0.313 e. The predicted octanol–water partition coefficient (Wildman–Crippen LogP) is 4.41. The molecule has 0 spiro atoms. The van der Waals surface area contributed by atoms with E-state index in [0.717, 1.165) is 24.6 Å². The van der Waals surface area contributed by atoms with Crippen molar-refractivity contribution in [1.29, 1.82) is 0 Å². The van der Waals surface area contributed by atoms with Crippen molar-refractivity contribution in [3.05, 3.63) is 35.6 Å². The molecule has 1 fully saturated rings. The molecule has 20 heavy (non-hydrogen) atoms. The van der Waals surface area contributed by atoms with Gasteiger partial charge in [0.25, 0.3) is 0 Å². The Morgan fingerprint density at radius 1 is 1.25 bits per heavy atom. The van der Waals surface area contributed by atoms with Gasteiger partial charge >= 0.3 is 0 Å². The van der Waals surface area contributed by atoms with E-state index in [1.807, 2.05) is 12.1 Å². The Morgan fingerprint density at radius 3 is 2.60 bits per heavy atom. The first-order valence-electron chi connectivity index (χ1n) is 7.87. The van der Waals surface area contributed by atoms with Crippen molar-refractivity contribution in [3.8, 4) is 0 Å². The minimum atomic E-state index is -0.146. The molecule has 1 saturated carbocycles.